The zero-order valence-electron chi connectivity index (χ0n) is 23.0. The lowest BCUT2D eigenvalue weighted by Crippen LogP contribution is -2.35. The number of carbonyl (C=O) groups excluding carboxylic acids is 2. The van der Waals surface area contributed by atoms with Crippen molar-refractivity contribution in [3.63, 3.8) is 0 Å². The van der Waals surface area contributed by atoms with Crippen LogP contribution in [-0.4, -0.2) is 23.3 Å². The average Bonchev–Trinajstić information content (AvgIpc) is 3.40. The van der Waals surface area contributed by atoms with Gasteiger partial charge in [-0.1, -0.05) is 75.4 Å². The van der Waals surface area contributed by atoms with Gasteiger partial charge in [0.25, 0.3) is 11.8 Å². The van der Waals surface area contributed by atoms with Crippen LogP contribution >= 0.6 is 0 Å². The average molecular weight is 529 g/mol. The van der Waals surface area contributed by atoms with Crippen LogP contribution in [0.25, 0.3) is 22.1 Å². The van der Waals surface area contributed by atoms with Gasteiger partial charge in [0.2, 0.25) is 0 Å². The number of benzene rings is 4. The maximum absolute atomic E-state index is 13.3. The molecule has 0 aliphatic carbocycles. The largest absolute Gasteiger partial charge is 0.461 e. The van der Waals surface area contributed by atoms with E-state index in [-0.39, 0.29) is 17.2 Å². The highest BCUT2D eigenvalue weighted by Gasteiger charge is 2.25. The summed E-state index contributed by atoms with van der Waals surface area (Å²) in [6.07, 6.45) is 0.662. The molecule has 200 valence electrons. The Morgan fingerprint density at radius 2 is 1.55 bits per heavy atom. The van der Waals surface area contributed by atoms with Gasteiger partial charge in [-0.05, 0) is 64.2 Å². The van der Waals surface area contributed by atoms with Gasteiger partial charge >= 0.3 is 0 Å². The number of carbonyl (C=O) groups is 2. The SMILES string of the molecule is CC(C)(C)c1ccc(C(=O)Nc2cccc(-c3cc4c(o3)CCN(C(=O)c3ccc5ccccc5c3)C4)c2)cc1. The first-order valence-corrected chi connectivity index (χ1v) is 13.7. The fourth-order valence-electron chi connectivity index (χ4n) is 5.23. The molecule has 0 fully saturated rings. The summed E-state index contributed by atoms with van der Waals surface area (Å²) < 4.78 is 6.22. The Morgan fingerprint density at radius 3 is 2.33 bits per heavy atom. The number of anilines is 1. The predicted octanol–water partition coefficient (Wildman–Crippen LogP) is 7.85. The number of hydrogen-bond donors (Lipinski definition) is 1. The Bertz CT molecular complexity index is 1720. The van der Waals surface area contributed by atoms with Crippen LogP contribution in [0.1, 0.15) is 58.4 Å². The van der Waals surface area contributed by atoms with Gasteiger partial charge in [0.05, 0.1) is 0 Å². The van der Waals surface area contributed by atoms with E-state index < -0.39 is 0 Å². The van der Waals surface area contributed by atoms with E-state index in [2.05, 4.69) is 32.2 Å². The number of furan rings is 1. The summed E-state index contributed by atoms with van der Waals surface area (Å²) in [6, 6.07) is 31.4. The van der Waals surface area contributed by atoms with Crippen LogP contribution in [0, 0.1) is 0 Å². The third kappa shape index (κ3) is 5.15. The fourth-order valence-corrected chi connectivity index (χ4v) is 5.23. The van der Waals surface area contributed by atoms with Crippen LogP contribution in [0.4, 0.5) is 5.69 Å². The molecular formula is C35H32N2O3. The van der Waals surface area contributed by atoms with Crippen molar-refractivity contribution in [3.05, 3.63) is 125 Å². The summed E-state index contributed by atoms with van der Waals surface area (Å²) in [5, 5.41) is 5.19. The van der Waals surface area contributed by atoms with Crippen LogP contribution < -0.4 is 5.32 Å². The number of nitrogens with zero attached hydrogens (tertiary/aromatic N) is 1. The van der Waals surface area contributed by atoms with Crippen LogP contribution in [0.5, 0.6) is 0 Å². The molecule has 0 spiro atoms. The lowest BCUT2D eigenvalue weighted by atomic mass is 9.87. The molecule has 2 amide bonds. The summed E-state index contributed by atoms with van der Waals surface area (Å²) in [7, 11) is 0. The Balaban J connectivity index is 1.16. The van der Waals surface area contributed by atoms with E-state index in [0.717, 1.165) is 33.4 Å². The van der Waals surface area contributed by atoms with Crippen molar-refractivity contribution in [3.8, 4) is 11.3 Å². The van der Waals surface area contributed by atoms with Gasteiger partial charge in [0, 0.05) is 47.5 Å². The van der Waals surface area contributed by atoms with E-state index in [1.807, 2.05) is 95.9 Å². The van der Waals surface area contributed by atoms with Gasteiger partial charge in [-0.15, -0.1) is 0 Å². The number of amides is 2. The summed E-state index contributed by atoms with van der Waals surface area (Å²) in [5.41, 5.74) is 5.12. The second-order valence-corrected chi connectivity index (χ2v) is 11.5. The highest BCUT2D eigenvalue weighted by atomic mass is 16.3. The first-order valence-electron chi connectivity index (χ1n) is 13.7. The Kier molecular flexibility index (Phi) is 6.51. The molecule has 1 aliphatic heterocycles. The Labute approximate surface area is 234 Å². The van der Waals surface area contributed by atoms with E-state index in [1.165, 1.54) is 5.56 Å². The highest BCUT2D eigenvalue weighted by molar-refractivity contribution is 6.04. The predicted molar refractivity (Wildman–Crippen MR) is 160 cm³/mol. The molecule has 1 N–H and O–H groups in total. The lowest BCUT2D eigenvalue weighted by molar-refractivity contribution is 0.0730. The maximum Gasteiger partial charge on any atom is 0.255 e. The molecule has 5 nitrogen and oxygen atoms in total. The molecule has 1 aliphatic rings. The van der Waals surface area contributed by atoms with Gasteiger partial charge < -0.3 is 14.6 Å². The zero-order chi connectivity index (χ0) is 27.9. The molecule has 0 saturated carbocycles. The van der Waals surface area contributed by atoms with Crippen molar-refractivity contribution < 1.29 is 14.0 Å². The minimum absolute atomic E-state index is 0.0272. The normalized spacial score (nSPS) is 13.2. The quantitative estimate of drug-likeness (QED) is 0.258. The van der Waals surface area contributed by atoms with Crippen LogP contribution in [-0.2, 0) is 18.4 Å². The van der Waals surface area contributed by atoms with Crippen LogP contribution in [0.2, 0.25) is 0 Å². The number of nitrogens with one attached hydrogen (secondary N) is 1. The van der Waals surface area contributed by atoms with Gasteiger partial charge in [0.1, 0.15) is 11.5 Å². The fraction of sp³-hybridized carbons (Fsp3) is 0.200. The summed E-state index contributed by atoms with van der Waals surface area (Å²) in [4.78, 5) is 28.1. The summed E-state index contributed by atoms with van der Waals surface area (Å²) in [5.74, 6) is 1.51. The van der Waals surface area contributed by atoms with E-state index in [1.54, 1.807) is 0 Å². The van der Waals surface area contributed by atoms with Gasteiger partial charge in [-0.2, -0.15) is 0 Å². The molecule has 1 aromatic heterocycles. The molecule has 0 saturated heterocycles. The van der Waals surface area contributed by atoms with Crippen LogP contribution in [0.15, 0.2) is 101 Å². The van der Waals surface area contributed by atoms with E-state index in [9.17, 15) is 9.59 Å². The molecule has 0 unspecified atom stereocenters. The van der Waals surface area contributed by atoms with Crippen molar-refractivity contribution in [1.82, 2.24) is 4.90 Å². The number of hydrogen-bond acceptors (Lipinski definition) is 3. The third-order valence-corrected chi connectivity index (χ3v) is 7.57. The van der Waals surface area contributed by atoms with Gasteiger partial charge in [0.15, 0.2) is 0 Å². The maximum atomic E-state index is 13.3. The highest BCUT2D eigenvalue weighted by Crippen LogP contribution is 2.32. The second kappa shape index (κ2) is 10.2. The minimum atomic E-state index is -0.154. The standard InChI is InChI=1S/C35H32N2O3/c1-35(2,3)29-15-13-24(14-16-29)33(38)36-30-10-6-9-26(20-30)32-21-28-22-37(18-17-31(28)40-32)34(39)27-12-11-23-7-4-5-8-25(23)19-27/h4-16,19-21H,17-18,22H2,1-3H3,(H,36,38). The summed E-state index contributed by atoms with van der Waals surface area (Å²) in [6.45, 7) is 7.57. The molecule has 2 heterocycles. The molecule has 4 aromatic carbocycles. The topological polar surface area (TPSA) is 62.6 Å². The Hall–Kier alpha value is -4.64. The molecular weight excluding hydrogens is 496 g/mol. The van der Waals surface area contributed by atoms with E-state index in [4.69, 9.17) is 4.42 Å². The molecule has 0 bridgehead atoms. The lowest BCUT2D eigenvalue weighted by Gasteiger charge is -2.26. The number of fused-ring (bicyclic) bond motifs is 2. The molecule has 40 heavy (non-hydrogen) atoms. The van der Waals surface area contributed by atoms with E-state index in [0.29, 0.717) is 36.3 Å². The van der Waals surface area contributed by atoms with Gasteiger partial charge in [-0.25, -0.2) is 0 Å². The van der Waals surface area contributed by atoms with Gasteiger partial charge in [-0.3, -0.25) is 9.59 Å². The van der Waals surface area contributed by atoms with Crippen molar-refractivity contribution in [2.75, 3.05) is 11.9 Å². The zero-order valence-corrected chi connectivity index (χ0v) is 23.0. The summed E-state index contributed by atoms with van der Waals surface area (Å²) >= 11 is 0. The van der Waals surface area contributed by atoms with E-state index >= 15 is 0 Å². The molecule has 6 rings (SSSR count). The number of rotatable bonds is 4. The molecule has 0 atom stereocenters. The Morgan fingerprint density at radius 1 is 0.800 bits per heavy atom. The third-order valence-electron chi connectivity index (χ3n) is 7.57. The first-order chi connectivity index (χ1) is 19.2. The molecule has 0 radical (unpaired) electrons. The second-order valence-electron chi connectivity index (χ2n) is 11.5. The van der Waals surface area contributed by atoms with Crippen LogP contribution in [0.3, 0.4) is 0 Å². The first kappa shape index (κ1) is 25.6. The molecule has 5 aromatic rings. The van der Waals surface area contributed by atoms with Crippen molar-refractivity contribution in [2.45, 2.75) is 39.2 Å². The molecule has 5 heteroatoms. The van der Waals surface area contributed by atoms with Crippen molar-refractivity contribution in [1.29, 1.82) is 0 Å². The smallest absolute Gasteiger partial charge is 0.255 e. The van der Waals surface area contributed by atoms with Crippen molar-refractivity contribution in [2.24, 2.45) is 0 Å². The monoisotopic (exact) mass is 528 g/mol. The minimum Gasteiger partial charge on any atom is -0.461 e. The van der Waals surface area contributed by atoms with Crippen molar-refractivity contribution >= 4 is 28.3 Å².